The minimum absolute atomic E-state index is 0.240. The SMILES string of the molecule is CC(=O)OCCOCCOCCOCCOCCNC(=O)OCc1ccccc1. The first kappa shape index (κ1) is 24.8. The van der Waals surface area contributed by atoms with E-state index in [1.165, 1.54) is 6.92 Å². The maximum Gasteiger partial charge on any atom is 0.407 e. The van der Waals surface area contributed by atoms with Crippen molar-refractivity contribution < 1.29 is 38.0 Å². The normalized spacial score (nSPS) is 10.5. The summed E-state index contributed by atoms with van der Waals surface area (Å²) in [4.78, 5) is 22.0. The van der Waals surface area contributed by atoms with Crippen molar-refractivity contribution in [2.24, 2.45) is 0 Å². The van der Waals surface area contributed by atoms with Gasteiger partial charge in [-0.25, -0.2) is 4.79 Å². The summed E-state index contributed by atoms with van der Waals surface area (Å²) in [5.41, 5.74) is 0.937. The van der Waals surface area contributed by atoms with E-state index in [2.05, 4.69) is 5.32 Å². The second-order valence-corrected chi connectivity index (χ2v) is 5.78. The number of carbonyl (C=O) groups excluding carboxylic acids is 2. The molecule has 9 nitrogen and oxygen atoms in total. The average molecular weight is 413 g/mol. The van der Waals surface area contributed by atoms with Gasteiger partial charge in [0.15, 0.2) is 0 Å². The van der Waals surface area contributed by atoms with Crippen LogP contribution in [-0.4, -0.2) is 78.1 Å². The number of carbonyl (C=O) groups is 2. The van der Waals surface area contributed by atoms with Crippen molar-refractivity contribution in [1.29, 1.82) is 0 Å². The highest BCUT2D eigenvalue weighted by molar-refractivity contribution is 5.67. The molecule has 0 heterocycles. The van der Waals surface area contributed by atoms with Gasteiger partial charge in [-0.05, 0) is 5.56 Å². The van der Waals surface area contributed by atoms with Gasteiger partial charge in [0.25, 0.3) is 0 Å². The number of ether oxygens (including phenoxy) is 6. The van der Waals surface area contributed by atoms with E-state index in [0.29, 0.717) is 59.4 Å². The minimum atomic E-state index is -0.471. The predicted octanol–water partition coefficient (Wildman–Crippen LogP) is 1.54. The molecule has 0 aliphatic rings. The van der Waals surface area contributed by atoms with Crippen LogP contribution in [0.2, 0.25) is 0 Å². The number of alkyl carbamates (subject to hydrolysis) is 1. The first-order valence-electron chi connectivity index (χ1n) is 9.57. The molecule has 164 valence electrons. The van der Waals surface area contributed by atoms with Crippen LogP contribution in [0.15, 0.2) is 30.3 Å². The molecule has 1 amide bonds. The molecule has 0 saturated heterocycles. The summed E-state index contributed by atoms with van der Waals surface area (Å²) < 4.78 is 31.1. The maximum absolute atomic E-state index is 11.5. The summed E-state index contributed by atoms with van der Waals surface area (Å²) in [6.45, 7) is 5.64. The second kappa shape index (κ2) is 17.9. The molecule has 0 radical (unpaired) electrons. The van der Waals surface area contributed by atoms with Crippen molar-refractivity contribution in [2.75, 3.05) is 66.0 Å². The van der Waals surface area contributed by atoms with Crippen LogP contribution in [0.4, 0.5) is 4.79 Å². The Hall–Kier alpha value is -2.20. The van der Waals surface area contributed by atoms with E-state index >= 15 is 0 Å². The zero-order valence-electron chi connectivity index (χ0n) is 16.9. The molecule has 29 heavy (non-hydrogen) atoms. The lowest BCUT2D eigenvalue weighted by Crippen LogP contribution is -2.28. The third-order valence-corrected chi connectivity index (χ3v) is 3.38. The summed E-state index contributed by atoms with van der Waals surface area (Å²) in [7, 11) is 0. The third kappa shape index (κ3) is 16.5. The Morgan fingerprint density at radius 2 is 1.24 bits per heavy atom. The van der Waals surface area contributed by atoms with Gasteiger partial charge in [0.1, 0.15) is 13.2 Å². The molecule has 0 spiro atoms. The van der Waals surface area contributed by atoms with Crippen molar-refractivity contribution in [3.05, 3.63) is 35.9 Å². The molecular formula is C20H31NO8. The van der Waals surface area contributed by atoms with Gasteiger partial charge >= 0.3 is 12.1 Å². The Kier molecular flexibility index (Phi) is 15.3. The van der Waals surface area contributed by atoms with Crippen LogP contribution in [0.5, 0.6) is 0 Å². The summed E-state index contributed by atoms with van der Waals surface area (Å²) in [5.74, 6) is -0.316. The molecule has 0 aliphatic carbocycles. The molecule has 0 bridgehead atoms. The lowest BCUT2D eigenvalue weighted by molar-refractivity contribution is -0.142. The number of hydrogen-bond donors (Lipinski definition) is 1. The minimum Gasteiger partial charge on any atom is -0.463 e. The van der Waals surface area contributed by atoms with Gasteiger partial charge < -0.3 is 33.7 Å². The summed E-state index contributed by atoms with van der Waals surface area (Å²) in [5, 5.41) is 2.62. The number of nitrogens with one attached hydrogen (secondary N) is 1. The monoisotopic (exact) mass is 413 g/mol. The van der Waals surface area contributed by atoms with Crippen LogP contribution >= 0.6 is 0 Å². The van der Waals surface area contributed by atoms with Crippen molar-refractivity contribution in [2.45, 2.75) is 13.5 Å². The van der Waals surface area contributed by atoms with Crippen LogP contribution in [-0.2, 0) is 39.8 Å². The fraction of sp³-hybridized carbons (Fsp3) is 0.600. The summed E-state index contributed by atoms with van der Waals surface area (Å²) in [6.07, 6.45) is -0.471. The van der Waals surface area contributed by atoms with Gasteiger partial charge in [-0.3, -0.25) is 4.79 Å². The molecule has 0 saturated carbocycles. The highest BCUT2D eigenvalue weighted by Crippen LogP contribution is 2.00. The first-order chi connectivity index (χ1) is 14.2. The number of hydrogen-bond acceptors (Lipinski definition) is 8. The van der Waals surface area contributed by atoms with Gasteiger partial charge in [-0.2, -0.15) is 0 Å². The van der Waals surface area contributed by atoms with Crippen LogP contribution in [0.3, 0.4) is 0 Å². The Balaban J connectivity index is 1.75. The fourth-order valence-electron chi connectivity index (χ4n) is 2.01. The number of rotatable bonds is 17. The molecule has 1 aromatic rings. The van der Waals surface area contributed by atoms with Gasteiger partial charge in [0, 0.05) is 13.5 Å². The van der Waals surface area contributed by atoms with Crippen molar-refractivity contribution >= 4 is 12.1 Å². The number of amides is 1. The number of benzene rings is 1. The molecule has 0 atom stereocenters. The lowest BCUT2D eigenvalue weighted by Gasteiger charge is -2.09. The van der Waals surface area contributed by atoms with Crippen molar-refractivity contribution in [1.82, 2.24) is 5.32 Å². The topological polar surface area (TPSA) is 102 Å². The largest absolute Gasteiger partial charge is 0.463 e. The van der Waals surface area contributed by atoms with Crippen molar-refractivity contribution in [3.8, 4) is 0 Å². The predicted molar refractivity (Wildman–Crippen MR) is 105 cm³/mol. The van der Waals surface area contributed by atoms with E-state index in [4.69, 9.17) is 28.4 Å². The molecule has 0 fully saturated rings. The summed E-state index contributed by atoms with van der Waals surface area (Å²) in [6, 6.07) is 9.48. The van der Waals surface area contributed by atoms with Crippen molar-refractivity contribution in [3.63, 3.8) is 0 Å². The maximum atomic E-state index is 11.5. The first-order valence-corrected chi connectivity index (χ1v) is 9.57. The quantitative estimate of drug-likeness (QED) is 0.303. The highest BCUT2D eigenvalue weighted by Gasteiger charge is 2.01. The average Bonchev–Trinajstić information content (AvgIpc) is 2.72. The van der Waals surface area contributed by atoms with E-state index < -0.39 is 6.09 Å². The molecule has 0 unspecified atom stereocenters. The Morgan fingerprint density at radius 1 is 0.724 bits per heavy atom. The van der Waals surface area contributed by atoms with Crippen LogP contribution in [0.25, 0.3) is 0 Å². The molecular weight excluding hydrogens is 382 g/mol. The second-order valence-electron chi connectivity index (χ2n) is 5.78. The Bertz CT molecular complexity index is 541. The third-order valence-electron chi connectivity index (χ3n) is 3.38. The summed E-state index contributed by atoms with van der Waals surface area (Å²) >= 11 is 0. The number of esters is 1. The van der Waals surface area contributed by atoms with Crippen LogP contribution < -0.4 is 5.32 Å². The van der Waals surface area contributed by atoms with E-state index in [9.17, 15) is 9.59 Å². The molecule has 1 N–H and O–H groups in total. The highest BCUT2D eigenvalue weighted by atomic mass is 16.6. The molecule has 1 rings (SSSR count). The Morgan fingerprint density at radius 3 is 1.79 bits per heavy atom. The van der Waals surface area contributed by atoms with Crippen LogP contribution in [0.1, 0.15) is 12.5 Å². The zero-order valence-corrected chi connectivity index (χ0v) is 16.9. The Labute approximate surface area is 171 Å². The lowest BCUT2D eigenvalue weighted by atomic mass is 10.2. The molecule has 1 aromatic carbocycles. The van der Waals surface area contributed by atoms with Gasteiger partial charge in [0.05, 0.1) is 52.9 Å². The van der Waals surface area contributed by atoms with E-state index in [0.717, 1.165) is 5.56 Å². The van der Waals surface area contributed by atoms with Gasteiger partial charge in [0.2, 0.25) is 0 Å². The fourth-order valence-corrected chi connectivity index (χ4v) is 2.01. The standard InChI is InChI=1S/C20H31NO8/c1-18(22)28-16-15-27-14-13-26-12-11-25-10-9-24-8-7-21-20(23)29-17-19-5-3-2-4-6-19/h2-6H,7-17H2,1H3,(H,21,23). The smallest absolute Gasteiger partial charge is 0.407 e. The van der Waals surface area contributed by atoms with E-state index in [-0.39, 0.29) is 19.2 Å². The molecule has 0 aliphatic heterocycles. The molecule has 9 heteroatoms. The van der Waals surface area contributed by atoms with E-state index in [1.807, 2.05) is 30.3 Å². The zero-order chi connectivity index (χ0) is 21.0. The van der Waals surface area contributed by atoms with E-state index in [1.54, 1.807) is 0 Å². The van der Waals surface area contributed by atoms with Gasteiger partial charge in [-0.1, -0.05) is 30.3 Å². The molecule has 0 aromatic heterocycles. The van der Waals surface area contributed by atoms with Gasteiger partial charge in [-0.15, -0.1) is 0 Å². The van der Waals surface area contributed by atoms with Crippen LogP contribution in [0, 0.1) is 0 Å².